The first-order valence-electron chi connectivity index (χ1n) is 39.2. The van der Waals surface area contributed by atoms with E-state index in [9.17, 15) is 0 Å². The van der Waals surface area contributed by atoms with E-state index in [1.807, 2.05) is 64.4 Å². The Morgan fingerprint density at radius 2 is 0.676 bits per heavy atom. The van der Waals surface area contributed by atoms with Crippen molar-refractivity contribution in [3.63, 3.8) is 0 Å². The van der Waals surface area contributed by atoms with Gasteiger partial charge in [0, 0.05) is 104 Å². The summed E-state index contributed by atoms with van der Waals surface area (Å²) in [7, 11) is 4.25. The maximum absolute atomic E-state index is 7.43. The molecule has 108 heavy (non-hydrogen) atoms. The summed E-state index contributed by atoms with van der Waals surface area (Å²) in [6.45, 7) is 32.6. The molecule has 542 valence electrons. The van der Waals surface area contributed by atoms with E-state index >= 15 is 0 Å². The zero-order valence-corrected chi connectivity index (χ0v) is 66.4. The molecule has 0 saturated carbocycles. The van der Waals surface area contributed by atoms with Crippen molar-refractivity contribution in [3.05, 3.63) is 399 Å². The number of aromatic nitrogens is 5. The van der Waals surface area contributed by atoms with E-state index in [4.69, 9.17) is 5.48 Å². The predicted molar refractivity (Wildman–Crippen MR) is 471 cm³/mol. The molecule has 5 heterocycles. The van der Waals surface area contributed by atoms with Gasteiger partial charge in [0.25, 0.3) is 0 Å². The van der Waals surface area contributed by atoms with Gasteiger partial charge in [-0.2, -0.15) is 0 Å². The molecule has 5 heteroatoms. The molecule has 0 aliphatic carbocycles. The van der Waals surface area contributed by atoms with Gasteiger partial charge in [-0.15, -0.1) is 0 Å². The molecule has 18 rings (SSSR count). The number of aryl methyl sites for hydroxylation is 16. The molecule has 5 nitrogen and oxygen atoms in total. The van der Waals surface area contributed by atoms with Crippen molar-refractivity contribution in [2.24, 2.45) is 14.1 Å². The van der Waals surface area contributed by atoms with Crippen molar-refractivity contribution >= 4 is 86.7 Å². The average Bonchev–Trinajstić information content (AvgIpc) is 1.43. The van der Waals surface area contributed by atoms with Crippen LogP contribution in [0.3, 0.4) is 0 Å². The van der Waals surface area contributed by atoms with E-state index in [1.54, 1.807) is 13.8 Å². The maximum Gasteiger partial charge on any atom is 0.0626 e. The molecule has 0 aliphatic heterocycles. The fraction of sp³-hybridized carbons (Fsp3) is 0.175. The van der Waals surface area contributed by atoms with Crippen LogP contribution in [0.5, 0.6) is 0 Å². The molecular weight excluding hydrogens is 1310 g/mol. The fourth-order valence-electron chi connectivity index (χ4n) is 13.7. The fourth-order valence-corrected chi connectivity index (χ4v) is 13.7. The molecular formula is C103H105N5. The first-order valence-corrected chi connectivity index (χ1v) is 37.2. The van der Waals surface area contributed by atoms with Gasteiger partial charge in [-0.3, -0.25) is 15.0 Å². The van der Waals surface area contributed by atoms with Crippen LogP contribution in [0.25, 0.3) is 97.8 Å². The largest absolute Gasteiger partial charge is 0.344 e. The summed E-state index contributed by atoms with van der Waals surface area (Å²) in [5, 5.41) is 16.0. The van der Waals surface area contributed by atoms with Gasteiger partial charge >= 0.3 is 0 Å². The number of benzene rings is 13. The third-order valence-electron chi connectivity index (χ3n) is 19.3. The minimum absolute atomic E-state index is 0.0634. The quantitative estimate of drug-likeness (QED) is 0.154. The first kappa shape index (κ1) is 72.9. The van der Waals surface area contributed by atoms with Gasteiger partial charge in [0.1, 0.15) is 0 Å². The number of pyridine rings is 3. The lowest BCUT2D eigenvalue weighted by molar-refractivity contribution is 1.01. The van der Waals surface area contributed by atoms with Crippen molar-refractivity contribution in [3.8, 4) is 11.1 Å². The molecule has 0 saturated heterocycles. The highest BCUT2D eigenvalue weighted by Gasteiger charge is 2.12. The zero-order valence-electron chi connectivity index (χ0n) is 70.4. The van der Waals surface area contributed by atoms with E-state index in [0.29, 0.717) is 11.1 Å². The van der Waals surface area contributed by atoms with Gasteiger partial charge in [-0.25, -0.2) is 0 Å². The Morgan fingerprint density at radius 3 is 1.24 bits per heavy atom. The van der Waals surface area contributed by atoms with Crippen LogP contribution in [0.4, 0.5) is 0 Å². The van der Waals surface area contributed by atoms with Crippen LogP contribution < -0.4 is 0 Å². The Morgan fingerprint density at radius 1 is 0.241 bits per heavy atom. The Hall–Kier alpha value is -12.1. The Bertz CT molecular complexity index is 6100. The highest BCUT2D eigenvalue weighted by atomic mass is 14.9. The molecule has 0 bridgehead atoms. The van der Waals surface area contributed by atoms with Crippen molar-refractivity contribution < 1.29 is 5.48 Å². The topological polar surface area (TPSA) is 48.5 Å². The van der Waals surface area contributed by atoms with E-state index in [-0.39, 0.29) is 24.2 Å². The Kier molecular flexibility index (Phi) is 25.2. The summed E-state index contributed by atoms with van der Waals surface area (Å²) >= 11 is 0. The standard InChI is InChI=1S/C17H15N.C16H14.2C14H13N.C12H12.2C8H10.2C7H9N/c1-12-15-10-6-7-11-16(15)17(13(2)18-12)14-8-4-3-5-9-14;1-11-7-8-13-10-12(2)14-5-3-4-6-15(14)16(13)9-11;1-10-7-8-14-12(9-10)11-5-3-4-6-13(11)15(14)2;1-10-7-8-12-11-5-3-4-6-13(11)15(2)14(12)9-10;1-9-7-10(2)12-6-4-3-5-11(12)8-9;1-7-3-5-8(2)6-4-7;1-7-5-3-4-6-8(7)2;1-6-3-7(2)5-8-4-6;1-6-4-3-5-7(2)8-6/h3-11H,1-2H3;3-10H,1-2H3;2*3-9H,1-2H3;3-8H,1-2H3;2*3-6H,1-2H3;2*3-5H,1-2H3/i;;;;;3D,4D,5D,6D;;;. The second-order valence-electron chi connectivity index (χ2n) is 28.3. The lowest BCUT2D eigenvalue weighted by Crippen LogP contribution is -1.93. The summed E-state index contributed by atoms with van der Waals surface area (Å²) in [6.07, 6.45) is 3.71. The number of para-hydroxylation sites is 2. The number of hydrogen-bond donors (Lipinski definition) is 0. The Labute approximate surface area is 647 Å². The average molecular weight is 1420 g/mol. The third kappa shape index (κ3) is 20.5. The minimum atomic E-state index is 0.0634. The van der Waals surface area contributed by atoms with Crippen molar-refractivity contribution in [2.75, 3.05) is 0 Å². The Balaban J connectivity index is 0.000000135. The first-order chi connectivity index (χ1) is 53.7. The number of nitrogens with zero attached hydrogens (tertiary/aromatic N) is 5. The van der Waals surface area contributed by atoms with Crippen molar-refractivity contribution in [1.29, 1.82) is 0 Å². The van der Waals surface area contributed by atoms with Gasteiger partial charge in [-0.1, -0.05) is 283 Å². The van der Waals surface area contributed by atoms with Gasteiger partial charge in [-0.05, 0) is 235 Å². The molecule has 0 N–H and O–H groups in total. The van der Waals surface area contributed by atoms with Crippen LogP contribution in [0, 0.1) is 111 Å². The molecule has 0 spiro atoms. The minimum Gasteiger partial charge on any atom is -0.344 e. The molecule has 0 aliphatic rings. The molecule has 0 atom stereocenters. The van der Waals surface area contributed by atoms with Gasteiger partial charge < -0.3 is 9.13 Å². The lowest BCUT2D eigenvalue weighted by Gasteiger charge is -2.12. The van der Waals surface area contributed by atoms with Crippen LogP contribution in [0.1, 0.15) is 95.0 Å². The third-order valence-corrected chi connectivity index (χ3v) is 19.3. The van der Waals surface area contributed by atoms with Crippen LogP contribution in [0.15, 0.2) is 310 Å². The van der Waals surface area contributed by atoms with E-state index in [1.165, 1.54) is 153 Å². The van der Waals surface area contributed by atoms with Gasteiger partial charge in [0.2, 0.25) is 0 Å². The smallest absolute Gasteiger partial charge is 0.0626 e. The van der Waals surface area contributed by atoms with Gasteiger partial charge in [0.15, 0.2) is 0 Å². The number of fused-ring (bicyclic) bond motifs is 11. The molecule has 0 amide bonds. The van der Waals surface area contributed by atoms with Gasteiger partial charge in [0.05, 0.1) is 5.48 Å². The predicted octanol–water partition coefficient (Wildman–Crippen LogP) is 27.9. The molecule has 0 fully saturated rings. The molecule has 13 aromatic carbocycles. The van der Waals surface area contributed by atoms with E-state index < -0.39 is 0 Å². The highest BCUT2D eigenvalue weighted by Crippen LogP contribution is 2.34. The summed E-state index contributed by atoms with van der Waals surface area (Å²) in [5.41, 5.74) is 26.1. The van der Waals surface area contributed by atoms with E-state index in [0.717, 1.165) is 22.8 Å². The number of rotatable bonds is 1. The van der Waals surface area contributed by atoms with Crippen molar-refractivity contribution in [2.45, 2.75) is 111 Å². The highest BCUT2D eigenvalue weighted by molar-refractivity contribution is 6.10. The maximum atomic E-state index is 7.43. The summed E-state index contributed by atoms with van der Waals surface area (Å²) in [4.78, 5) is 12.8. The number of hydrogen-bond acceptors (Lipinski definition) is 3. The molecule has 18 aromatic rings. The monoisotopic (exact) mass is 1420 g/mol. The molecule has 0 unspecified atom stereocenters. The lowest BCUT2D eigenvalue weighted by atomic mass is 9.96. The van der Waals surface area contributed by atoms with Crippen LogP contribution in [-0.4, -0.2) is 24.1 Å². The normalized spacial score (nSPS) is 11.0. The summed E-state index contributed by atoms with van der Waals surface area (Å²) in [5.74, 6) is 0. The molecule has 5 aromatic heterocycles. The van der Waals surface area contributed by atoms with E-state index in [2.05, 4.69) is 356 Å². The SMILES string of the molecule is Cc1cc(C)c2ccccc2c1.Cc1ccc2c(c1)c1ccccc1n2C.Cc1ccc2c3ccccc3n(C)c2c1.Cc1ccc2cc(C)c3ccccc3c2c1.Cc1cccc(C)n1.Cc1ccccc1C.Cc1cncc(C)c1.Cc1nc(C)c2ccccc2c1-c1ccccc1.[2H]c1c([2H])c(C)c([2H])c([2H])c1C. The summed E-state index contributed by atoms with van der Waals surface area (Å²) in [6, 6.07) is 96.6. The van der Waals surface area contributed by atoms with Crippen molar-refractivity contribution in [1.82, 2.24) is 24.1 Å². The summed E-state index contributed by atoms with van der Waals surface area (Å²) < 4.78 is 34.2. The molecule has 0 radical (unpaired) electrons. The zero-order chi connectivity index (χ0) is 80.4. The van der Waals surface area contributed by atoms with Crippen LogP contribution in [-0.2, 0) is 14.1 Å². The van der Waals surface area contributed by atoms with Crippen LogP contribution in [0.2, 0.25) is 0 Å². The second kappa shape index (κ2) is 37.3. The van der Waals surface area contributed by atoms with Crippen LogP contribution >= 0.6 is 0 Å². The second-order valence-corrected chi connectivity index (χ2v) is 28.3.